The molecule has 116 valence electrons. The zero-order chi connectivity index (χ0) is 16.5. The first-order valence-corrected chi connectivity index (χ1v) is 7.55. The average molecular weight is 314 g/mol. The van der Waals surface area contributed by atoms with Crippen molar-refractivity contribution < 1.29 is 10.2 Å². The minimum atomic E-state index is 0.194. The van der Waals surface area contributed by atoms with Gasteiger partial charge in [-0.05, 0) is 54.6 Å². The number of phenols is 2. The van der Waals surface area contributed by atoms with Gasteiger partial charge in [0.25, 0.3) is 0 Å². The summed E-state index contributed by atoms with van der Waals surface area (Å²) in [5.74, 6) is 0.421. The van der Waals surface area contributed by atoms with Gasteiger partial charge >= 0.3 is 0 Å². The summed E-state index contributed by atoms with van der Waals surface area (Å²) in [6.45, 7) is 0. The van der Waals surface area contributed by atoms with Gasteiger partial charge in [0, 0.05) is 22.7 Å². The van der Waals surface area contributed by atoms with Gasteiger partial charge < -0.3 is 10.2 Å². The van der Waals surface area contributed by atoms with E-state index < -0.39 is 0 Å². The Morgan fingerprint density at radius 3 is 2.33 bits per heavy atom. The molecular weight excluding hydrogens is 300 g/mol. The summed E-state index contributed by atoms with van der Waals surface area (Å²) in [6.07, 6.45) is 1.75. The molecule has 0 saturated heterocycles. The van der Waals surface area contributed by atoms with E-state index in [1.807, 2.05) is 42.5 Å². The van der Waals surface area contributed by atoms with Crippen LogP contribution in [0.15, 0.2) is 72.9 Å². The molecule has 0 radical (unpaired) electrons. The first kappa shape index (κ1) is 14.2. The lowest BCUT2D eigenvalue weighted by atomic mass is 10.1. The average Bonchev–Trinajstić information content (AvgIpc) is 2.62. The molecule has 0 spiro atoms. The molecule has 0 fully saturated rings. The molecule has 4 aromatic rings. The third-order valence-electron chi connectivity index (χ3n) is 3.92. The van der Waals surface area contributed by atoms with Crippen LogP contribution < -0.4 is 0 Å². The van der Waals surface area contributed by atoms with E-state index in [1.54, 1.807) is 30.5 Å². The van der Waals surface area contributed by atoms with Crippen molar-refractivity contribution >= 4 is 10.9 Å². The normalized spacial score (nSPS) is 10.8. The van der Waals surface area contributed by atoms with E-state index in [0.717, 1.165) is 22.2 Å². The molecule has 4 rings (SSSR count). The van der Waals surface area contributed by atoms with Gasteiger partial charge in [0.1, 0.15) is 11.5 Å². The lowest BCUT2D eigenvalue weighted by Gasteiger charge is -2.07. The summed E-state index contributed by atoms with van der Waals surface area (Å²) in [6, 6.07) is 19.8. The Balaban J connectivity index is 1.84. The maximum absolute atomic E-state index is 10.0. The van der Waals surface area contributed by atoms with Gasteiger partial charge in [-0.25, -0.2) is 4.98 Å². The number of benzene rings is 2. The van der Waals surface area contributed by atoms with Crippen molar-refractivity contribution in [1.82, 2.24) is 9.97 Å². The van der Waals surface area contributed by atoms with Gasteiger partial charge in [-0.3, -0.25) is 4.98 Å². The highest BCUT2D eigenvalue weighted by atomic mass is 16.3. The summed E-state index contributed by atoms with van der Waals surface area (Å²) < 4.78 is 0. The third kappa shape index (κ3) is 2.54. The smallest absolute Gasteiger partial charge is 0.124 e. The SMILES string of the molecule is Oc1ccc(-c2ccc3cnc(-c4ccccc4O)cc3n2)cc1. The van der Waals surface area contributed by atoms with Gasteiger partial charge in [0.2, 0.25) is 0 Å². The Morgan fingerprint density at radius 2 is 1.54 bits per heavy atom. The summed E-state index contributed by atoms with van der Waals surface area (Å²) >= 11 is 0. The van der Waals surface area contributed by atoms with Crippen LogP contribution in [0.3, 0.4) is 0 Å². The van der Waals surface area contributed by atoms with Crippen molar-refractivity contribution in [2.75, 3.05) is 0 Å². The minimum absolute atomic E-state index is 0.194. The van der Waals surface area contributed by atoms with Crippen LogP contribution in [0, 0.1) is 0 Å². The van der Waals surface area contributed by atoms with Crippen molar-refractivity contribution in [3.8, 4) is 34.0 Å². The van der Waals surface area contributed by atoms with Crippen molar-refractivity contribution in [3.05, 3.63) is 72.9 Å². The van der Waals surface area contributed by atoms with E-state index in [9.17, 15) is 10.2 Å². The van der Waals surface area contributed by atoms with Crippen molar-refractivity contribution in [1.29, 1.82) is 0 Å². The van der Waals surface area contributed by atoms with Crippen LogP contribution in [0.2, 0.25) is 0 Å². The summed E-state index contributed by atoms with van der Waals surface area (Å²) in [5, 5.41) is 20.3. The van der Waals surface area contributed by atoms with E-state index in [-0.39, 0.29) is 11.5 Å². The van der Waals surface area contributed by atoms with Crippen LogP contribution in [-0.2, 0) is 0 Å². The van der Waals surface area contributed by atoms with Gasteiger partial charge in [0.15, 0.2) is 0 Å². The first-order chi connectivity index (χ1) is 11.7. The number of aromatic hydroxyl groups is 2. The van der Waals surface area contributed by atoms with Crippen molar-refractivity contribution in [2.24, 2.45) is 0 Å². The Hall–Kier alpha value is -3.40. The fourth-order valence-corrected chi connectivity index (χ4v) is 2.65. The highest BCUT2D eigenvalue weighted by Crippen LogP contribution is 2.29. The number of aromatic nitrogens is 2. The molecule has 2 aromatic carbocycles. The van der Waals surface area contributed by atoms with Crippen LogP contribution in [-0.4, -0.2) is 20.2 Å². The monoisotopic (exact) mass is 314 g/mol. The molecule has 4 nitrogen and oxygen atoms in total. The van der Waals surface area contributed by atoms with Crippen LogP contribution in [0.25, 0.3) is 33.4 Å². The second kappa shape index (κ2) is 5.66. The summed E-state index contributed by atoms with van der Waals surface area (Å²) in [7, 11) is 0. The number of para-hydroxylation sites is 1. The number of pyridine rings is 2. The minimum Gasteiger partial charge on any atom is -0.508 e. The number of hydrogen-bond donors (Lipinski definition) is 2. The summed E-state index contributed by atoms with van der Waals surface area (Å²) in [5.41, 5.74) is 3.90. The van der Waals surface area contributed by atoms with Gasteiger partial charge in [-0.15, -0.1) is 0 Å². The fourth-order valence-electron chi connectivity index (χ4n) is 2.65. The van der Waals surface area contributed by atoms with E-state index in [0.29, 0.717) is 11.3 Å². The van der Waals surface area contributed by atoms with E-state index in [2.05, 4.69) is 9.97 Å². The molecule has 0 atom stereocenters. The van der Waals surface area contributed by atoms with Gasteiger partial charge in [0.05, 0.1) is 16.9 Å². The molecular formula is C20H14N2O2. The molecule has 2 heterocycles. The van der Waals surface area contributed by atoms with Crippen molar-refractivity contribution in [2.45, 2.75) is 0 Å². The number of nitrogens with zero attached hydrogens (tertiary/aromatic N) is 2. The number of hydrogen-bond acceptors (Lipinski definition) is 4. The fraction of sp³-hybridized carbons (Fsp3) is 0. The predicted molar refractivity (Wildman–Crippen MR) is 93.7 cm³/mol. The zero-order valence-corrected chi connectivity index (χ0v) is 12.7. The lowest BCUT2D eigenvalue weighted by molar-refractivity contribution is 0.475. The van der Waals surface area contributed by atoms with Crippen molar-refractivity contribution in [3.63, 3.8) is 0 Å². The Labute approximate surface area is 138 Å². The quantitative estimate of drug-likeness (QED) is 0.576. The molecule has 0 saturated carbocycles. The lowest BCUT2D eigenvalue weighted by Crippen LogP contribution is -1.89. The molecule has 2 N–H and O–H groups in total. The molecule has 0 aliphatic carbocycles. The topological polar surface area (TPSA) is 66.2 Å². The second-order valence-corrected chi connectivity index (χ2v) is 5.52. The highest BCUT2D eigenvalue weighted by molar-refractivity contribution is 5.85. The summed E-state index contributed by atoms with van der Waals surface area (Å²) in [4.78, 5) is 9.11. The maximum Gasteiger partial charge on any atom is 0.124 e. The largest absolute Gasteiger partial charge is 0.508 e. The van der Waals surface area contributed by atoms with Gasteiger partial charge in [-0.2, -0.15) is 0 Å². The molecule has 0 aliphatic heterocycles. The third-order valence-corrected chi connectivity index (χ3v) is 3.92. The predicted octanol–water partition coefficient (Wildman–Crippen LogP) is 4.38. The number of rotatable bonds is 2. The molecule has 0 amide bonds. The van der Waals surface area contributed by atoms with Crippen LogP contribution in [0.5, 0.6) is 11.5 Å². The van der Waals surface area contributed by atoms with E-state index in [1.165, 1.54) is 0 Å². The molecule has 4 heteroatoms. The number of phenolic OH excluding ortho intramolecular Hbond substituents is 2. The zero-order valence-electron chi connectivity index (χ0n) is 12.7. The van der Waals surface area contributed by atoms with Crippen LogP contribution in [0.1, 0.15) is 0 Å². The maximum atomic E-state index is 10.0. The van der Waals surface area contributed by atoms with E-state index in [4.69, 9.17) is 0 Å². The van der Waals surface area contributed by atoms with Gasteiger partial charge in [-0.1, -0.05) is 12.1 Å². The molecule has 2 aromatic heterocycles. The van der Waals surface area contributed by atoms with E-state index >= 15 is 0 Å². The Kier molecular flexibility index (Phi) is 3.35. The molecule has 0 unspecified atom stereocenters. The number of fused-ring (bicyclic) bond motifs is 1. The highest BCUT2D eigenvalue weighted by Gasteiger charge is 2.08. The Bertz CT molecular complexity index is 1030. The molecule has 0 aliphatic rings. The molecule has 0 bridgehead atoms. The van der Waals surface area contributed by atoms with Crippen LogP contribution in [0.4, 0.5) is 0 Å². The first-order valence-electron chi connectivity index (χ1n) is 7.55. The van der Waals surface area contributed by atoms with Crippen LogP contribution >= 0.6 is 0 Å². The Morgan fingerprint density at radius 1 is 0.750 bits per heavy atom. The second-order valence-electron chi connectivity index (χ2n) is 5.52. The molecule has 24 heavy (non-hydrogen) atoms. The standard InChI is InChI=1S/C20H14N2O2/c23-15-8-5-13(6-9-15)17-10-7-14-12-21-19(11-18(14)22-17)16-3-1-2-4-20(16)24/h1-12,23-24H.